The Bertz CT molecular complexity index is 1010. The molecule has 7 nitrogen and oxygen atoms in total. The molecule has 0 unspecified atom stereocenters. The third kappa shape index (κ3) is 3.24. The van der Waals surface area contributed by atoms with Crippen molar-refractivity contribution in [3.63, 3.8) is 0 Å². The van der Waals surface area contributed by atoms with Crippen LogP contribution in [-0.4, -0.2) is 15.5 Å². The number of pyridine rings is 2. The molecule has 1 N–H and O–H groups in total. The average molecular weight is 325 g/mol. The summed E-state index contributed by atoms with van der Waals surface area (Å²) in [7, 11) is 0. The molecule has 0 bridgehead atoms. The zero-order valence-corrected chi connectivity index (χ0v) is 13.0. The van der Waals surface area contributed by atoms with Crippen LogP contribution in [0.15, 0.2) is 56.7 Å². The fourth-order valence-corrected chi connectivity index (χ4v) is 2.43. The van der Waals surface area contributed by atoms with Crippen molar-refractivity contribution >= 4 is 22.7 Å². The normalized spacial score (nSPS) is 10.7. The van der Waals surface area contributed by atoms with Crippen molar-refractivity contribution in [2.75, 3.05) is 5.32 Å². The van der Waals surface area contributed by atoms with Crippen molar-refractivity contribution in [1.29, 1.82) is 0 Å². The number of nitrogens with one attached hydrogen (secondary N) is 1. The van der Waals surface area contributed by atoms with E-state index in [9.17, 15) is 14.4 Å². The van der Waals surface area contributed by atoms with Gasteiger partial charge < -0.3 is 14.3 Å². The Balaban J connectivity index is 1.78. The maximum Gasteiger partial charge on any atom is 0.336 e. The second-order valence-electron chi connectivity index (χ2n) is 5.32. The minimum Gasteiger partial charge on any atom is -0.422 e. The minimum absolute atomic E-state index is 0.123. The van der Waals surface area contributed by atoms with E-state index < -0.39 is 5.63 Å². The molecule has 1 amide bonds. The van der Waals surface area contributed by atoms with Crippen molar-refractivity contribution in [2.45, 2.75) is 19.9 Å². The number of fused-ring (bicyclic) bond motifs is 1. The summed E-state index contributed by atoms with van der Waals surface area (Å²) in [4.78, 5) is 39.8. The van der Waals surface area contributed by atoms with E-state index in [0.29, 0.717) is 16.8 Å². The Morgan fingerprint density at radius 3 is 2.88 bits per heavy atom. The smallest absolute Gasteiger partial charge is 0.336 e. The average Bonchev–Trinajstić information content (AvgIpc) is 2.54. The molecule has 0 radical (unpaired) electrons. The number of nitrogens with zero attached hydrogens (tertiary/aromatic N) is 2. The molecule has 0 fully saturated rings. The molecule has 0 spiro atoms. The highest BCUT2D eigenvalue weighted by atomic mass is 16.4. The first-order valence-corrected chi connectivity index (χ1v) is 7.39. The van der Waals surface area contributed by atoms with Crippen LogP contribution in [0.2, 0.25) is 0 Å². The van der Waals surface area contributed by atoms with Crippen molar-refractivity contribution < 1.29 is 9.21 Å². The Morgan fingerprint density at radius 2 is 2.12 bits per heavy atom. The van der Waals surface area contributed by atoms with E-state index in [1.165, 1.54) is 16.8 Å². The number of rotatable bonds is 4. The summed E-state index contributed by atoms with van der Waals surface area (Å²) in [6.07, 6.45) is 3.22. The first kappa shape index (κ1) is 15.7. The second kappa shape index (κ2) is 6.49. The number of hydrogen-bond acceptors (Lipinski definition) is 5. The van der Waals surface area contributed by atoms with Gasteiger partial charge in [0.1, 0.15) is 11.4 Å². The lowest BCUT2D eigenvalue weighted by molar-refractivity contribution is -0.116. The monoisotopic (exact) mass is 325 g/mol. The van der Waals surface area contributed by atoms with Gasteiger partial charge >= 0.3 is 5.63 Å². The molecule has 7 heteroatoms. The van der Waals surface area contributed by atoms with Gasteiger partial charge in [-0.2, -0.15) is 0 Å². The number of aromatic nitrogens is 2. The highest BCUT2D eigenvalue weighted by molar-refractivity contribution is 5.89. The molecule has 3 rings (SSSR count). The van der Waals surface area contributed by atoms with Gasteiger partial charge in [-0.1, -0.05) is 6.07 Å². The predicted molar refractivity (Wildman–Crippen MR) is 89.0 cm³/mol. The van der Waals surface area contributed by atoms with Gasteiger partial charge in [-0.05, 0) is 30.7 Å². The van der Waals surface area contributed by atoms with Crippen molar-refractivity contribution in [2.24, 2.45) is 0 Å². The Labute approximate surface area is 136 Å². The predicted octanol–water partition coefficient (Wildman–Crippen LogP) is 1.69. The van der Waals surface area contributed by atoms with Crippen LogP contribution in [0.25, 0.3) is 11.0 Å². The van der Waals surface area contributed by atoms with Crippen molar-refractivity contribution in [3.8, 4) is 0 Å². The maximum atomic E-state index is 12.5. The van der Waals surface area contributed by atoms with Crippen molar-refractivity contribution in [3.05, 3.63) is 69.1 Å². The van der Waals surface area contributed by atoms with Gasteiger partial charge in [-0.15, -0.1) is 0 Å². The van der Waals surface area contributed by atoms with Crippen LogP contribution in [0.5, 0.6) is 0 Å². The van der Waals surface area contributed by atoms with Crippen LogP contribution in [0.4, 0.5) is 5.82 Å². The molecular weight excluding hydrogens is 310 g/mol. The van der Waals surface area contributed by atoms with Crippen molar-refractivity contribution in [1.82, 2.24) is 9.55 Å². The van der Waals surface area contributed by atoms with Crippen LogP contribution >= 0.6 is 0 Å². The topological polar surface area (TPSA) is 94.2 Å². The molecule has 3 aromatic heterocycles. The summed E-state index contributed by atoms with van der Waals surface area (Å²) in [5.74, 6) is 0.225. The molecule has 0 saturated heterocycles. The van der Waals surface area contributed by atoms with Crippen LogP contribution in [0.1, 0.15) is 12.0 Å². The quantitative estimate of drug-likeness (QED) is 0.787. The van der Waals surface area contributed by atoms with E-state index in [1.807, 2.05) is 0 Å². The maximum absolute atomic E-state index is 12.5. The zero-order chi connectivity index (χ0) is 17.1. The second-order valence-corrected chi connectivity index (χ2v) is 5.32. The number of aryl methyl sites for hydroxylation is 2. The number of carbonyl (C=O) groups is 1. The summed E-state index contributed by atoms with van der Waals surface area (Å²) < 4.78 is 6.45. The molecule has 3 aromatic rings. The van der Waals surface area contributed by atoms with Gasteiger partial charge in [-0.25, -0.2) is 9.78 Å². The standard InChI is InChI=1S/C17H15N3O4/c1-11-10-15(22)24-12-5-8-20(17(23)16(11)12)9-6-14(21)19-13-4-2-3-7-18-13/h2-5,7-8,10H,6,9H2,1H3,(H,18,19,21). The van der Waals surface area contributed by atoms with Gasteiger partial charge in [0.25, 0.3) is 5.56 Å². The first-order chi connectivity index (χ1) is 11.5. The SMILES string of the molecule is Cc1cc(=O)oc2ccn(CCC(=O)Nc3ccccn3)c(=O)c12. The minimum atomic E-state index is -0.494. The third-order valence-electron chi connectivity index (χ3n) is 3.58. The molecular formula is C17H15N3O4. The summed E-state index contributed by atoms with van der Waals surface area (Å²) >= 11 is 0. The molecule has 24 heavy (non-hydrogen) atoms. The fourth-order valence-electron chi connectivity index (χ4n) is 2.43. The van der Waals surface area contributed by atoms with Gasteiger partial charge in [0.15, 0.2) is 0 Å². The summed E-state index contributed by atoms with van der Waals surface area (Å²) in [6, 6.07) is 8.05. The highest BCUT2D eigenvalue weighted by Crippen LogP contribution is 2.11. The van der Waals surface area contributed by atoms with E-state index in [2.05, 4.69) is 10.3 Å². The summed E-state index contributed by atoms with van der Waals surface area (Å²) in [5, 5.41) is 3.01. The van der Waals surface area contributed by atoms with E-state index in [1.54, 1.807) is 37.4 Å². The van der Waals surface area contributed by atoms with E-state index in [4.69, 9.17) is 4.42 Å². The molecule has 0 aliphatic heterocycles. The Kier molecular flexibility index (Phi) is 4.24. The summed E-state index contributed by atoms with van der Waals surface area (Å²) in [5.41, 5.74) is 0.0176. The van der Waals surface area contributed by atoms with Gasteiger partial charge in [0.2, 0.25) is 5.91 Å². The van der Waals surface area contributed by atoms with E-state index >= 15 is 0 Å². The first-order valence-electron chi connectivity index (χ1n) is 7.39. The zero-order valence-electron chi connectivity index (χ0n) is 13.0. The Morgan fingerprint density at radius 1 is 1.29 bits per heavy atom. The lowest BCUT2D eigenvalue weighted by Crippen LogP contribution is -2.24. The third-order valence-corrected chi connectivity index (χ3v) is 3.58. The van der Waals surface area contributed by atoms with Crippen LogP contribution < -0.4 is 16.5 Å². The van der Waals surface area contributed by atoms with E-state index in [-0.39, 0.29) is 30.0 Å². The fraction of sp³-hybridized carbons (Fsp3) is 0.176. The highest BCUT2D eigenvalue weighted by Gasteiger charge is 2.10. The number of carbonyl (C=O) groups excluding carboxylic acids is 1. The molecule has 0 atom stereocenters. The Hall–Kier alpha value is -3.22. The molecule has 0 saturated carbocycles. The molecule has 0 aliphatic carbocycles. The van der Waals surface area contributed by atoms with Crippen LogP contribution in [-0.2, 0) is 11.3 Å². The lowest BCUT2D eigenvalue weighted by atomic mass is 10.2. The van der Waals surface area contributed by atoms with E-state index in [0.717, 1.165) is 0 Å². The van der Waals surface area contributed by atoms with Gasteiger partial charge in [-0.3, -0.25) is 9.59 Å². The van der Waals surface area contributed by atoms with Crippen LogP contribution in [0, 0.1) is 6.92 Å². The van der Waals surface area contributed by atoms with Gasteiger partial charge in [0, 0.05) is 31.4 Å². The number of hydrogen-bond donors (Lipinski definition) is 1. The van der Waals surface area contributed by atoms with Gasteiger partial charge in [0.05, 0.1) is 5.39 Å². The molecule has 0 aromatic carbocycles. The largest absolute Gasteiger partial charge is 0.422 e. The number of anilines is 1. The number of amides is 1. The van der Waals surface area contributed by atoms with Crippen LogP contribution in [0.3, 0.4) is 0 Å². The molecule has 0 aliphatic rings. The summed E-state index contributed by atoms with van der Waals surface area (Å²) in [6.45, 7) is 1.89. The molecule has 122 valence electrons. The molecule has 3 heterocycles. The lowest BCUT2D eigenvalue weighted by Gasteiger charge is -2.08.